The standard InChI is InChI=1S/C18H27N3O5S/c1-4-26-18(23)15(3)19-17(22)13-20-9-11-21(12-10-20)27(24,25)16-7-5-14(2)6-8-16/h5-8,15H,4,9-13H2,1-3H3,(H,19,22). The molecule has 1 N–H and O–H groups in total. The minimum atomic E-state index is -3.52. The maximum absolute atomic E-state index is 12.7. The number of aryl methyl sites for hydroxylation is 1. The second kappa shape index (κ2) is 9.29. The Labute approximate surface area is 160 Å². The van der Waals surface area contributed by atoms with Gasteiger partial charge in [-0.05, 0) is 32.9 Å². The van der Waals surface area contributed by atoms with Gasteiger partial charge in [0.25, 0.3) is 0 Å². The zero-order valence-electron chi connectivity index (χ0n) is 16.0. The third-order valence-electron chi connectivity index (χ3n) is 4.37. The average Bonchev–Trinajstić information content (AvgIpc) is 2.62. The Balaban J connectivity index is 1.85. The fraction of sp³-hybridized carbons (Fsp3) is 0.556. The van der Waals surface area contributed by atoms with Crippen molar-refractivity contribution in [1.82, 2.24) is 14.5 Å². The van der Waals surface area contributed by atoms with E-state index in [-0.39, 0.29) is 24.0 Å². The van der Waals surface area contributed by atoms with E-state index in [1.807, 2.05) is 11.8 Å². The van der Waals surface area contributed by atoms with E-state index in [0.717, 1.165) is 5.56 Å². The summed E-state index contributed by atoms with van der Waals surface area (Å²) in [5.74, 6) is -0.759. The quantitative estimate of drug-likeness (QED) is 0.668. The fourth-order valence-corrected chi connectivity index (χ4v) is 4.23. The number of sulfonamides is 1. The van der Waals surface area contributed by atoms with Gasteiger partial charge in [-0.2, -0.15) is 4.31 Å². The summed E-state index contributed by atoms with van der Waals surface area (Å²) < 4.78 is 31.7. The molecule has 0 aromatic heterocycles. The van der Waals surface area contributed by atoms with Crippen LogP contribution in [0.2, 0.25) is 0 Å². The number of nitrogens with zero attached hydrogens (tertiary/aromatic N) is 2. The molecule has 1 amide bonds. The van der Waals surface area contributed by atoms with Gasteiger partial charge < -0.3 is 10.1 Å². The minimum absolute atomic E-state index is 0.113. The van der Waals surface area contributed by atoms with Crippen molar-refractivity contribution in [1.29, 1.82) is 0 Å². The maximum atomic E-state index is 12.7. The first-order valence-corrected chi connectivity index (χ1v) is 10.4. The monoisotopic (exact) mass is 397 g/mol. The third-order valence-corrected chi connectivity index (χ3v) is 6.29. The summed E-state index contributed by atoms with van der Waals surface area (Å²) in [5, 5.41) is 2.60. The molecule has 0 radical (unpaired) electrons. The summed E-state index contributed by atoms with van der Waals surface area (Å²) in [5.41, 5.74) is 1.00. The predicted molar refractivity (Wildman–Crippen MR) is 101 cm³/mol. The van der Waals surface area contributed by atoms with Crippen molar-refractivity contribution in [3.05, 3.63) is 29.8 Å². The molecular formula is C18H27N3O5S. The Morgan fingerprint density at radius 3 is 2.30 bits per heavy atom. The molecule has 9 heteroatoms. The van der Waals surface area contributed by atoms with E-state index in [0.29, 0.717) is 26.2 Å². The minimum Gasteiger partial charge on any atom is -0.464 e. The largest absolute Gasteiger partial charge is 0.464 e. The number of carbonyl (C=O) groups excluding carboxylic acids is 2. The number of esters is 1. The van der Waals surface area contributed by atoms with Crippen LogP contribution in [0.25, 0.3) is 0 Å². The van der Waals surface area contributed by atoms with Gasteiger partial charge in [-0.25, -0.2) is 13.2 Å². The highest BCUT2D eigenvalue weighted by atomic mass is 32.2. The predicted octanol–water partition coefficient (Wildman–Crippen LogP) is 0.369. The fourth-order valence-electron chi connectivity index (χ4n) is 2.80. The molecule has 1 unspecified atom stereocenters. The SMILES string of the molecule is CCOC(=O)C(C)NC(=O)CN1CCN(S(=O)(=O)c2ccc(C)cc2)CC1. The molecule has 1 saturated heterocycles. The number of benzene rings is 1. The topological polar surface area (TPSA) is 96.0 Å². The Hall–Kier alpha value is -1.97. The van der Waals surface area contributed by atoms with Crippen LogP contribution in [0, 0.1) is 6.92 Å². The average molecular weight is 397 g/mol. The van der Waals surface area contributed by atoms with E-state index in [2.05, 4.69) is 5.32 Å². The number of piperazine rings is 1. The van der Waals surface area contributed by atoms with E-state index in [1.165, 1.54) is 4.31 Å². The van der Waals surface area contributed by atoms with Crippen molar-refractivity contribution in [2.75, 3.05) is 39.3 Å². The van der Waals surface area contributed by atoms with Crippen molar-refractivity contribution in [2.45, 2.75) is 31.7 Å². The lowest BCUT2D eigenvalue weighted by Crippen LogP contribution is -2.52. The zero-order valence-corrected chi connectivity index (χ0v) is 16.8. The first-order valence-electron chi connectivity index (χ1n) is 8.99. The molecule has 1 aromatic carbocycles. The number of nitrogens with one attached hydrogen (secondary N) is 1. The van der Waals surface area contributed by atoms with E-state index in [4.69, 9.17) is 4.74 Å². The molecule has 1 aromatic rings. The second-order valence-corrected chi connectivity index (χ2v) is 8.47. The van der Waals surface area contributed by atoms with E-state index >= 15 is 0 Å². The first-order chi connectivity index (χ1) is 12.7. The lowest BCUT2D eigenvalue weighted by atomic mass is 10.2. The highest BCUT2D eigenvalue weighted by Gasteiger charge is 2.29. The van der Waals surface area contributed by atoms with Crippen LogP contribution in [-0.2, 0) is 24.3 Å². The molecule has 0 saturated carbocycles. The molecule has 150 valence electrons. The van der Waals surface area contributed by atoms with Gasteiger partial charge in [-0.15, -0.1) is 0 Å². The Morgan fingerprint density at radius 1 is 1.15 bits per heavy atom. The van der Waals surface area contributed by atoms with Gasteiger partial charge in [0.2, 0.25) is 15.9 Å². The van der Waals surface area contributed by atoms with Crippen molar-refractivity contribution >= 4 is 21.9 Å². The van der Waals surface area contributed by atoms with E-state index < -0.39 is 22.0 Å². The van der Waals surface area contributed by atoms with Crippen LogP contribution in [0.15, 0.2) is 29.2 Å². The van der Waals surface area contributed by atoms with E-state index in [1.54, 1.807) is 38.1 Å². The van der Waals surface area contributed by atoms with Crippen LogP contribution in [0.1, 0.15) is 19.4 Å². The van der Waals surface area contributed by atoms with Gasteiger partial charge >= 0.3 is 5.97 Å². The smallest absolute Gasteiger partial charge is 0.328 e. The van der Waals surface area contributed by atoms with Gasteiger partial charge in [0.1, 0.15) is 6.04 Å². The molecule has 0 spiro atoms. The van der Waals surface area contributed by atoms with Crippen LogP contribution in [-0.4, -0.2) is 74.9 Å². The summed E-state index contributed by atoms with van der Waals surface area (Å²) >= 11 is 0. The summed E-state index contributed by atoms with van der Waals surface area (Å²) in [7, 11) is -3.52. The summed E-state index contributed by atoms with van der Waals surface area (Å²) in [6, 6.07) is 6.07. The number of hydrogen-bond acceptors (Lipinski definition) is 6. The molecule has 0 aliphatic carbocycles. The second-order valence-electron chi connectivity index (χ2n) is 6.53. The summed E-state index contributed by atoms with van der Waals surface area (Å²) in [6.07, 6.45) is 0. The van der Waals surface area contributed by atoms with Gasteiger partial charge in [0, 0.05) is 26.2 Å². The van der Waals surface area contributed by atoms with Gasteiger partial charge in [0.05, 0.1) is 18.0 Å². The van der Waals surface area contributed by atoms with Crippen molar-refractivity contribution < 1.29 is 22.7 Å². The molecule has 0 bridgehead atoms. The normalized spacial score (nSPS) is 17.3. The molecular weight excluding hydrogens is 370 g/mol. The number of hydrogen-bond donors (Lipinski definition) is 1. The molecule has 1 aliphatic heterocycles. The summed E-state index contributed by atoms with van der Waals surface area (Å²) in [4.78, 5) is 25.8. The lowest BCUT2D eigenvalue weighted by Gasteiger charge is -2.33. The Morgan fingerprint density at radius 2 is 1.74 bits per heavy atom. The van der Waals surface area contributed by atoms with Crippen molar-refractivity contribution in [3.8, 4) is 0 Å². The third kappa shape index (κ3) is 5.75. The van der Waals surface area contributed by atoms with Crippen LogP contribution < -0.4 is 5.32 Å². The number of rotatable bonds is 7. The van der Waals surface area contributed by atoms with Gasteiger partial charge in [-0.3, -0.25) is 9.69 Å². The molecule has 1 atom stereocenters. The molecule has 27 heavy (non-hydrogen) atoms. The van der Waals surface area contributed by atoms with Crippen molar-refractivity contribution in [2.24, 2.45) is 0 Å². The summed E-state index contributed by atoms with van der Waals surface area (Å²) in [6.45, 7) is 7.09. The number of carbonyl (C=O) groups is 2. The van der Waals surface area contributed by atoms with Crippen LogP contribution in [0.4, 0.5) is 0 Å². The highest BCUT2D eigenvalue weighted by molar-refractivity contribution is 7.89. The van der Waals surface area contributed by atoms with Crippen LogP contribution >= 0.6 is 0 Å². The highest BCUT2D eigenvalue weighted by Crippen LogP contribution is 2.18. The van der Waals surface area contributed by atoms with E-state index in [9.17, 15) is 18.0 Å². The van der Waals surface area contributed by atoms with Crippen LogP contribution in [0.5, 0.6) is 0 Å². The lowest BCUT2D eigenvalue weighted by molar-refractivity contribution is -0.147. The van der Waals surface area contributed by atoms with Crippen LogP contribution in [0.3, 0.4) is 0 Å². The molecule has 8 nitrogen and oxygen atoms in total. The molecule has 1 fully saturated rings. The Bertz CT molecular complexity index is 756. The van der Waals surface area contributed by atoms with Gasteiger partial charge in [-0.1, -0.05) is 17.7 Å². The molecule has 1 aliphatic rings. The molecule has 1 heterocycles. The maximum Gasteiger partial charge on any atom is 0.328 e. The Kier molecular flexibility index (Phi) is 7.34. The first kappa shape index (κ1) is 21.3. The van der Waals surface area contributed by atoms with Gasteiger partial charge in [0.15, 0.2) is 0 Å². The molecule has 2 rings (SSSR count). The number of amides is 1. The zero-order chi connectivity index (χ0) is 20.0. The number of ether oxygens (including phenoxy) is 1. The van der Waals surface area contributed by atoms with Crippen molar-refractivity contribution in [3.63, 3.8) is 0 Å².